The molecular weight excluding hydrogens is 240 g/mol. The number of hydrogen-bond donors (Lipinski definition) is 1. The van der Waals surface area contributed by atoms with Crippen LogP contribution in [0.5, 0.6) is 0 Å². The van der Waals surface area contributed by atoms with E-state index >= 15 is 0 Å². The first-order valence-corrected chi connectivity index (χ1v) is 6.06. The lowest BCUT2D eigenvalue weighted by Crippen LogP contribution is -2.09. The fourth-order valence-electron chi connectivity index (χ4n) is 1.80. The summed E-state index contributed by atoms with van der Waals surface area (Å²) in [7, 11) is 0. The van der Waals surface area contributed by atoms with Crippen molar-refractivity contribution >= 4 is 11.6 Å². The standard InChI is InChI=1S/C13H14N6/c1-9-7-15-13(18-10(9)2)16-8-11-3-5-14-12-4-6-17-19(11)12/h3-7H,8H2,1-2H3,(H,15,16,18). The van der Waals surface area contributed by atoms with Gasteiger partial charge in [-0.2, -0.15) is 5.10 Å². The molecule has 0 amide bonds. The van der Waals surface area contributed by atoms with E-state index in [0.29, 0.717) is 12.5 Å². The SMILES string of the molecule is Cc1cnc(NCc2ccnc3ccnn23)nc1C. The molecule has 0 fully saturated rings. The van der Waals surface area contributed by atoms with Crippen molar-refractivity contribution in [3.8, 4) is 0 Å². The highest BCUT2D eigenvalue weighted by Crippen LogP contribution is 2.08. The molecule has 96 valence electrons. The minimum Gasteiger partial charge on any atom is -0.349 e. The van der Waals surface area contributed by atoms with Gasteiger partial charge < -0.3 is 5.32 Å². The highest BCUT2D eigenvalue weighted by molar-refractivity contribution is 5.37. The molecule has 1 N–H and O–H groups in total. The van der Waals surface area contributed by atoms with Gasteiger partial charge in [-0.1, -0.05) is 0 Å². The Balaban J connectivity index is 1.82. The van der Waals surface area contributed by atoms with Gasteiger partial charge in [0.05, 0.1) is 18.4 Å². The first-order valence-electron chi connectivity index (χ1n) is 6.06. The van der Waals surface area contributed by atoms with Crippen molar-refractivity contribution in [3.05, 3.63) is 47.7 Å². The number of nitrogens with one attached hydrogen (secondary N) is 1. The molecule has 3 rings (SSSR count). The van der Waals surface area contributed by atoms with E-state index in [0.717, 1.165) is 22.6 Å². The van der Waals surface area contributed by atoms with Crippen LogP contribution in [0.15, 0.2) is 30.7 Å². The molecule has 0 aliphatic carbocycles. The predicted octanol–water partition coefficient (Wildman–Crippen LogP) is 1.75. The van der Waals surface area contributed by atoms with Gasteiger partial charge in [-0.3, -0.25) is 0 Å². The average molecular weight is 254 g/mol. The normalized spacial score (nSPS) is 10.8. The van der Waals surface area contributed by atoms with Crippen LogP contribution in [0.2, 0.25) is 0 Å². The molecule has 19 heavy (non-hydrogen) atoms. The first-order chi connectivity index (χ1) is 9.24. The van der Waals surface area contributed by atoms with E-state index in [9.17, 15) is 0 Å². The molecule has 0 radical (unpaired) electrons. The molecule has 6 heteroatoms. The molecule has 0 aromatic carbocycles. The van der Waals surface area contributed by atoms with Gasteiger partial charge in [-0.25, -0.2) is 19.5 Å². The van der Waals surface area contributed by atoms with Crippen LogP contribution >= 0.6 is 0 Å². The number of fused-ring (bicyclic) bond motifs is 1. The Labute approximate surface area is 110 Å². The van der Waals surface area contributed by atoms with E-state index in [4.69, 9.17) is 0 Å². The number of aryl methyl sites for hydroxylation is 2. The van der Waals surface area contributed by atoms with Crippen molar-refractivity contribution in [1.82, 2.24) is 24.6 Å². The van der Waals surface area contributed by atoms with Gasteiger partial charge >= 0.3 is 0 Å². The van der Waals surface area contributed by atoms with E-state index in [-0.39, 0.29) is 0 Å². The molecule has 0 unspecified atom stereocenters. The second-order valence-electron chi connectivity index (χ2n) is 4.35. The van der Waals surface area contributed by atoms with Crippen LogP contribution in [0.1, 0.15) is 17.0 Å². The van der Waals surface area contributed by atoms with Crippen molar-refractivity contribution in [2.24, 2.45) is 0 Å². The van der Waals surface area contributed by atoms with Crippen LogP contribution in [0.4, 0.5) is 5.95 Å². The van der Waals surface area contributed by atoms with Gasteiger partial charge in [-0.05, 0) is 25.5 Å². The number of nitrogens with zero attached hydrogens (tertiary/aromatic N) is 5. The van der Waals surface area contributed by atoms with Gasteiger partial charge in [0.1, 0.15) is 0 Å². The van der Waals surface area contributed by atoms with Crippen LogP contribution < -0.4 is 5.32 Å². The van der Waals surface area contributed by atoms with Crippen LogP contribution in [0, 0.1) is 13.8 Å². The van der Waals surface area contributed by atoms with Crippen LogP contribution in [-0.4, -0.2) is 24.6 Å². The summed E-state index contributed by atoms with van der Waals surface area (Å²) in [4.78, 5) is 12.9. The third kappa shape index (κ3) is 2.24. The fraction of sp³-hybridized carbons (Fsp3) is 0.231. The molecule has 3 aromatic rings. The van der Waals surface area contributed by atoms with Gasteiger partial charge in [-0.15, -0.1) is 0 Å². The minimum absolute atomic E-state index is 0.600. The zero-order valence-electron chi connectivity index (χ0n) is 10.8. The monoisotopic (exact) mass is 254 g/mol. The minimum atomic E-state index is 0.600. The molecule has 6 nitrogen and oxygen atoms in total. The Morgan fingerprint density at radius 2 is 2.05 bits per heavy atom. The van der Waals surface area contributed by atoms with Crippen molar-refractivity contribution in [1.29, 1.82) is 0 Å². The summed E-state index contributed by atoms with van der Waals surface area (Å²) in [5, 5.41) is 7.44. The molecule has 0 bridgehead atoms. The Kier molecular flexibility index (Phi) is 2.83. The highest BCUT2D eigenvalue weighted by Gasteiger charge is 2.03. The molecule has 0 aliphatic rings. The van der Waals surface area contributed by atoms with Crippen molar-refractivity contribution in [2.45, 2.75) is 20.4 Å². The van der Waals surface area contributed by atoms with Gasteiger partial charge in [0.25, 0.3) is 0 Å². The lowest BCUT2D eigenvalue weighted by molar-refractivity contribution is 0.847. The molecule has 0 saturated carbocycles. The topological polar surface area (TPSA) is 68.0 Å². The van der Waals surface area contributed by atoms with Gasteiger partial charge in [0.2, 0.25) is 5.95 Å². The molecule has 3 aromatic heterocycles. The Morgan fingerprint density at radius 3 is 2.89 bits per heavy atom. The molecule has 0 aliphatic heterocycles. The summed E-state index contributed by atoms with van der Waals surface area (Å²) in [6.45, 7) is 4.57. The predicted molar refractivity (Wildman–Crippen MR) is 71.8 cm³/mol. The Hall–Kier alpha value is -2.50. The van der Waals surface area contributed by atoms with E-state index < -0.39 is 0 Å². The summed E-state index contributed by atoms with van der Waals surface area (Å²) >= 11 is 0. The van der Waals surface area contributed by atoms with E-state index in [1.165, 1.54) is 0 Å². The Bertz CT molecular complexity index is 718. The number of hydrogen-bond acceptors (Lipinski definition) is 5. The zero-order valence-corrected chi connectivity index (χ0v) is 10.8. The fourth-order valence-corrected chi connectivity index (χ4v) is 1.80. The maximum absolute atomic E-state index is 4.39. The van der Waals surface area contributed by atoms with E-state index in [1.807, 2.05) is 32.2 Å². The number of rotatable bonds is 3. The van der Waals surface area contributed by atoms with Crippen LogP contribution in [0.25, 0.3) is 5.65 Å². The summed E-state index contributed by atoms with van der Waals surface area (Å²) < 4.78 is 1.80. The third-order valence-electron chi connectivity index (χ3n) is 3.02. The summed E-state index contributed by atoms with van der Waals surface area (Å²) in [5.41, 5.74) is 3.91. The molecular formula is C13H14N6. The van der Waals surface area contributed by atoms with E-state index in [2.05, 4.69) is 25.4 Å². The molecule has 3 heterocycles. The number of anilines is 1. The largest absolute Gasteiger partial charge is 0.349 e. The van der Waals surface area contributed by atoms with Gasteiger partial charge in [0, 0.05) is 24.2 Å². The number of aromatic nitrogens is 5. The molecule has 0 spiro atoms. The van der Waals surface area contributed by atoms with Crippen LogP contribution in [-0.2, 0) is 6.54 Å². The van der Waals surface area contributed by atoms with Gasteiger partial charge in [0.15, 0.2) is 5.65 Å². The lowest BCUT2D eigenvalue weighted by atomic mass is 10.3. The smallest absolute Gasteiger partial charge is 0.223 e. The highest BCUT2D eigenvalue weighted by atomic mass is 15.3. The van der Waals surface area contributed by atoms with E-state index in [1.54, 1.807) is 16.9 Å². The zero-order chi connectivity index (χ0) is 13.2. The maximum Gasteiger partial charge on any atom is 0.223 e. The second-order valence-corrected chi connectivity index (χ2v) is 4.35. The first kappa shape index (κ1) is 11.6. The maximum atomic E-state index is 4.39. The second kappa shape index (κ2) is 4.64. The molecule has 0 saturated heterocycles. The molecule has 0 atom stereocenters. The summed E-state index contributed by atoms with van der Waals surface area (Å²) in [5.74, 6) is 0.625. The van der Waals surface area contributed by atoms with Crippen molar-refractivity contribution < 1.29 is 0 Å². The third-order valence-corrected chi connectivity index (χ3v) is 3.02. The average Bonchev–Trinajstić information content (AvgIpc) is 2.89. The lowest BCUT2D eigenvalue weighted by Gasteiger charge is -2.07. The van der Waals surface area contributed by atoms with Crippen LogP contribution in [0.3, 0.4) is 0 Å². The quantitative estimate of drug-likeness (QED) is 0.771. The summed E-state index contributed by atoms with van der Waals surface area (Å²) in [6, 6.07) is 3.80. The summed E-state index contributed by atoms with van der Waals surface area (Å²) in [6.07, 6.45) is 5.33. The Morgan fingerprint density at radius 1 is 1.16 bits per heavy atom. The van der Waals surface area contributed by atoms with Crippen molar-refractivity contribution in [3.63, 3.8) is 0 Å². The van der Waals surface area contributed by atoms with Crippen molar-refractivity contribution in [2.75, 3.05) is 5.32 Å².